The molecule has 0 spiro atoms. The highest BCUT2D eigenvalue weighted by Crippen LogP contribution is 2.32. The molecule has 2 aromatic rings. The molecular formula is C36H55N5O2. The number of morpholine rings is 1. The van der Waals surface area contributed by atoms with Crippen LogP contribution in [0.4, 0.5) is 11.4 Å². The van der Waals surface area contributed by atoms with Gasteiger partial charge < -0.3 is 19.7 Å². The first kappa shape index (κ1) is 34.2. The summed E-state index contributed by atoms with van der Waals surface area (Å²) >= 11 is 0. The fourth-order valence-corrected chi connectivity index (χ4v) is 5.62. The van der Waals surface area contributed by atoms with Crippen LogP contribution in [-0.4, -0.2) is 49.0 Å². The molecule has 1 saturated heterocycles. The molecule has 1 aromatic carbocycles. The Balaban J connectivity index is 0.000000546. The first-order valence-corrected chi connectivity index (χ1v) is 16.1. The van der Waals surface area contributed by atoms with Gasteiger partial charge in [0.25, 0.3) is 0 Å². The van der Waals surface area contributed by atoms with Crippen molar-refractivity contribution in [3.63, 3.8) is 0 Å². The number of anilines is 1. The molecule has 1 aromatic heterocycles. The molecule has 1 saturated carbocycles. The number of allylic oxidation sites excluding steroid dienone is 6. The third-order valence-electron chi connectivity index (χ3n) is 8.49. The number of aryl methyl sites for hydroxylation is 1. The van der Waals surface area contributed by atoms with Gasteiger partial charge in [0.2, 0.25) is 0 Å². The second-order valence-electron chi connectivity index (χ2n) is 11.8. The van der Waals surface area contributed by atoms with Crippen LogP contribution < -0.4 is 15.0 Å². The van der Waals surface area contributed by atoms with Crippen molar-refractivity contribution in [1.82, 2.24) is 15.1 Å². The summed E-state index contributed by atoms with van der Waals surface area (Å²) in [4.78, 5) is 7.14. The van der Waals surface area contributed by atoms with Crippen LogP contribution in [-0.2, 0) is 11.8 Å². The maximum absolute atomic E-state index is 5.67. The molecule has 2 fully saturated rings. The van der Waals surface area contributed by atoms with Gasteiger partial charge in [0.15, 0.2) is 0 Å². The number of aliphatic imine (C=N–C) groups is 1. The Labute approximate surface area is 260 Å². The van der Waals surface area contributed by atoms with E-state index in [0.717, 1.165) is 84.1 Å². The Morgan fingerprint density at radius 2 is 1.77 bits per heavy atom. The number of hydrogen-bond donors (Lipinski definition) is 1. The smallest absolute Gasteiger partial charge is 0.146 e. The number of amidine groups is 1. The normalized spacial score (nSPS) is 17.7. The Morgan fingerprint density at radius 1 is 1.05 bits per heavy atom. The fraction of sp³-hybridized carbons (Fsp3) is 0.556. The van der Waals surface area contributed by atoms with E-state index in [0.29, 0.717) is 0 Å². The minimum atomic E-state index is 0.750. The zero-order valence-corrected chi connectivity index (χ0v) is 28.0. The maximum Gasteiger partial charge on any atom is 0.146 e. The molecule has 1 N–H and O–H groups in total. The van der Waals surface area contributed by atoms with Gasteiger partial charge in [-0.2, -0.15) is 5.10 Å². The SMILES string of the molecule is CCC(C)=CC(/C=C(\C)c1ccnn1C)=C(/C)NC(C)=Nc1ccc(N2CCOCC2)cc1OC.CCC1CCCCC1. The van der Waals surface area contributed by atoms with Gasteiger partial charge in [0.05, 0.1) is 26.0 Å². The molecule has 7 nitrogen and oxygen atoms in total. The van der Waals surface area contributed by atoms with Gasteiger partial charge in [0.1, 0.15) is 17.3 Å². The van der Waals surface area contributed by atoms with Crippen molar-refractivity contribution in [2.45, 2.75) is 86.5 Å². The number of aromatic nitrogens is 2. The standard InChI is InChI=1S/C28H39N5O2.C8H16/c1-8-20(2)17-24(18-21(3)27-11-12-29-32(27)6)22(4)30-23(5)31-26-10-9-25(19-28(26)34-7)33-13-15-35-16-14-33;1-2-8-6-4-3-5-7-8/h9-12,17-19H,8,13-16H2,1-7H3,(H,30,31);8H,2-7H2,1H3/b20-17?,21-18+,24-22+;. The van der Waals surface area contributed by atoms with Gasteiger partial charge in [-0.25, -0.2) is 4.99 Å². The van der Waals surface area contributed by atoms with Crippen LogP contribution in [0, 0.1) is 5.92 Å². The van der Waals surface area contributed by atoms with Crippen LogP contribution >= 0.6 is 0 Å². The average Bonchev–Trinajstić information content (AvgIpc) is 3.47. The van der Waals surface area contributed by atoms with Crippen LogP contribution in [0.2, 0.25) is 0 Å². The summed E-state index contributed by atoms with van der Waals surface area (Å²) in [5, 5.41) is 7.79. The molecule has 1 aliphatic carbocycles. The van der Waals surface area contributed by atoms with E-state index >= 15 is 0 Å². The molecule has 0 unspecified atom stereocenters. The minimum Gasteiger partial charge on any atom is -0.494 e. The van der Waals surface area contributed by atoms with Crippen LogP contribution in [0.1, 0.15) is 92.2 Å². The first-order valence-electron chi connectivity index (χ1n) is 16.1. The highest BCUT2D eigenvalue weighted by molar-refractivity contribution is 5.85. The predicted octanol–water partition coefficient (Wildman–Crippen LogP) is 8.62. The fourth-order valence-electron chi connectivity index (χ4n) is 5.62. The number of rotatable bonds is 9. The molecular weight excluding hydrogens is 534 g/mol. The van der Waals surface area contributed by atoms with Crippen LogP contribution in [0.5, 0.6) is 5.75 Å². The topological polar surface area (TPSA) is 63.9 Å². The van der Waals surface area contributed by atoms with E-state index in [-0.39, 0.29) is 0 Å². The summed E-state index contributed by atoms with van der Waals surface area (Å²) in [7, 11) is 3.65. The van der Waals surface area contributed by atoms with Crippen LogP contribution in [0.25, 0.3) is 5.57 Å². The van der Waals surface area contributed by atoms with Crippen LogP contribution in [0.15, 0.2) is 64.5 Å². The summed E-state index contributed by atoms with van der Waals surface area (Å²) in [6, 6.07) is 8.20. The minimum absolute atomic E-state index is 0.750. The van der Waals surface area contributed by atoms with Gasteiger partial charge >= 0.3 is 0 Å². The third-order valence-corrected chi connectivity index (χ3v) is 8.49. The lowest BCUT2D eigenvalue weighted by molar-refractivity contribution is 0.122. The second-order valence-corrected chi connectivity index (χ2v) is 11.8. The van der Waals surface area contributed by atoms with E-state index in [9.17, 15) is 0 Å². The second kappa shape index (κ2) is 17.7. The number of nitrogens with zero attached hydrogens (tertiary/aromatic N) is 4. The van der Waals surface area contributed by atoms with E-state index in [1.54, 1.807) is 7.11 Å². The number of methoxy groups -OCH3 is 1. The molecule has 0 radical (unpaired) electrons. The van der Waals surface area contributed by atoms with Crippen LogP contribution in [0.3, 0.4) is 0 Å². The Morgan fingerprint density at radius 3 is 2.35 bits per heavy atom. The molecule has 43 heavy (non-hydrogen) atoms. The average molecular weight is 590 g/mol. The van der Waals surface area contributed by atoms with E-state index < -0.39 is 0 Å². The zero-order chi connectivity index (χ0) is 31.2. The van der Waals surface area contributed by atoms with E-state index in [1.807, 2.05) is 37.0 Å². The summed E-state index contributed by atoms with van der Waals surface area (Å²) in [5.74, 6) is 2.64. The van der Waals surface area contributed by atoms with E-state index in [1.165, 1.54) is 44.1 Å². The van der Waals surface area contributed by atoms with Crippen molar-refractivity contribution in [3.8, 4) is 5.75 Å². The largest absolute Gasteiger partial charge is 0.494 e. The predicted molar refractivity (Wildman–Crippen MR) is 182 cm³/mol. The number of ether oxygens (including phenoxy) is 2. The molecule has 0 atom stereocenters. The van der Waals surface area contributed by atoms with Crippen molar-refractivity contribution >= 4 is 22.8 Å². The van der Waals surface area contributed by atoms with Gasteiger partial charge in [-0.1, -0.05) is 64.0 Å². The monoisotopic (exact) mass is 589 g/mol. The Hall–Kier alpha value is -3.32. The van der Waals surface area contributed by atoms with Crippen molar-refractivity contribution in [1.29, 1.82) is 0 Å². The molecule has 4 rings (SSSR count). The lowest BCUT2D eigenvalue weighted by atomic mass is 9.88. The molecule has 2 heterocycles. The van der Waals surface area contributed by atoms with Crippen molar-refractivity contribution in [2.75, 3.05) is 38.3 Å². The van der Waals surface area contributed by atoms with E-state index in [4.69, 9.17) is 14.5 Å². The molecule has 2 aliphatic rings. The summed E-state index contributed by atoms with van der Waals surface area (Å²) in [5.41, 5.74) is 7.63. The van der Waals surface area contributed by atoms with E-state index in [2.05, 4.69) is 74.2 Å². The van der Waals surface area contributed by atoms with Crippen molar-refractivity contribution < 1.29 is 9.47 Å². The van der Waals surface area contributed by atoms with Gasteiger partial charge in [-0.15, -0.1) is 0 Å². The number of benzene rings is 1. The number of nitrogens with one attached hydrogen (secondary N) is 1. The quantitative estimate of drug-likeness (QED) is 0.180. The Kier molecular flexibility index (Phi) is 14.1. The molecule has 7 heteroatoms. The lowest BCUT2D eigenvalue weighted by Crippen LogP contribution is -2.36. The first-order chi connectivity index (χ1) is 20.7. The summed E-state index contributed by atoms with van der Waals surface area (Å²) in [6.45, 7) is 16.1. The molecule has 0 bridgehead atoms. The number of hydrogen-bond acceptors (Lipinski definition) is 5. The van der Waals surface area contributed by atoms with Gasteiger partial charge in [-0.05, 0) is 75.5 Å². The molecule has 236 valence electrons. The lowest BCUT2D eigenvalue weighted by Gasteiger charge is -2.29. The van der Waals surface area contributed by atoms with Gasteiger partial charge in [0, 0.05) is 43.8 Å². The van der Waals surface area contributed by atoms with Gasteiger partial charge in [-0.3, -0.25) is 4.68 Å². The molecule has 1 aliphatic heterocycles. The van der Waals surface area contributed by atoms with Crippen molar-refractivity contribution in [2.24, 2.45) is 18.0 Å². The highest BCUT2D eigenvalue weighted by Gasteiger charge is 2.14. The highest BCUT2D eigenvalue weighted by atomic mass is 16.5. The molecule has 0 amide bonds. The Bertz CT molecular complexity index is 1270. The third kappa shape index (κ3) is 10.7. The summed E-state index contributed by atoms with van der Waals surface area (Å²) in [6.07, 6.45) is 16.2. The van der Waals surface area contributed by atoms with Crippen molar-refractivity contribution in [3.05, 3.63) is 65.2 Å². The maximum atomic E-state index is 5.67. The summed E-state index contributed by atoms with van der Waals surface area (Å²) < 4.78 is 13.0. The zero-order valence-electron chi connectivity index (χ0n) is 28.0.